The fraction of sp³-hybridized carbons (Fsp3) is 0.562. The molecular formula is C16H22N2O2S. The van der Waals surface area contributed by atoms with Crippen molar-refractivity contribution in [3.05, 3.63) is 23.8 Å². The molecule has 2 unspecified atom stereocenters. The molecule has 1 aromatic rings. The van der Waals surface area contributed by atoms with E-state index in [1.165, 1.54) is 25.7 Å². The molecule has 2 aliphatic rings. The van der Waals surface area contributed by atoms with Crippen molar-refractivity contribution in [3.8, 4) is 11.5 Å². The van der Waals surface area contributed by atoms with Crippen molar-refractivity contribution < 1.29 is 9.47 Å². The number of hydrogen-bond donors (Lipinski definition) is 2. The summed E-state index contributed by atoms with van der Waals surface area (Å²) >= 11 is 5.41. The van der Waals surface area contributed by atoms with Gasteiger partial charge in [-0.05, 0) is 48.7 Å². The van der Waals surface area contributed by atoms with E-state index in [0.29, 0.717) is 25.3 Å². The third-order valence-electron chi connectivity index (χ3n) is 4.32. The lowest BCUT2D eigenvalue weighted by molar-refractivity contribution is 0.174. The molecule has 1 saturated carbocycles. The molecule has 2 atom stereocenters. The van der Waals surface area contributed by atoms with Crippen LogP contribution in [0.4, 0.5) is 0 Å². The molecule has 4 nitrogen and oxygen atoms in total. The molecule has 1 fully saturated rings. The zero-order valence-corrected chi connectivity index (χ0v) is 13.2. The zero-order chi connectivity index (χ0) is 14.7. The van der Waals surface area contributed by atoms with Crippen LogP contribution in [0, 0.1) is 5.92 Å². The van der Waals surface area contributed by atoms with E-state index in [2.05, 4.69) is 17.6 Å². The molecule has 0 bridgehead atoms. The van der Waals surface area contributed by atoms with Gasteiger partial charge in [0.2, 0.25) is 6.79 Å². The Balaban J connectivity index is 1.49. The summed E-state index contributed by atoms with van der Waals surface area (Å²) in [7, 11) is 0. The van der Waals surface area contributed by atoms with E-state index < -0.39 is 0 Å². The molecule has 3 rings (SSSR count). The Hall–Kier alpha value is -1.49. The van der Waals surface area contributed by atoms with E-state index in [1.807, 2.05) is 18.2 Å². The van der Waals surface area contributed by atoms with Crippen LogP contribution in [0.15, 0.2) is 18.2 Å². The van der Waals surface area contributed by atoms with Crippen molar-refractivity contribution in [1.29, 1.82) is 0 Å². The van der Waals surface area contributed by atoms with Crippen LogP contribution in [0.3, 0.4) is 0 Å². The topological polar surface area (TPSA) is 42.5 Å². The maximum Gasteiger partial charge on any atom is 0.231 e. The third-order valence-corrected chi connectivity index (χ3v) is 4.58. The molecule has 21 heavy (non-hydrogen) atoms. The van der Waals surface area contributed by atoms with E-state index in [0.717, 1.165) is 22.2 Å². The van der Waals surface area contributed by atoms with Gasteiger partial charge in [-0.15, -0.1) is 0 Å². The van der Waals surface area contributed by atoms with Crippen LogP contribution in [-0.4, -0.2) is 17.9 Å². The van der Waals surface area contributed by atoms with E-state index in [4.69, 9.17) is 21.7 Å². The lowest BCUT2D eigenvalue weighted by Crippen LogP contribution is -2.45. The Morgan fingerprint density at radius 3 is 2.90 bits per heavy atom. The Morgan fingerprint density at radius 2 is 2.05 bits per heavy atom. The van der Waals surface area contributed by atoms with Gasteiger partial charge in [0.25, 0.3) is 0 Å². The van der Waals surface area contributed by atoms with E-state index in [-0.39, 0.29) is 0 Å². The van der Waals surface area contributed by atoms with Gasteiger partial charge >= 0.3 is 0 Å². The summed E-state index contributed by atoms with van der Waals surface area (Å²) in [6.07, 6.45) is 5.15. The standard InChI is InChI=1S/C16H22N2O2S/c1-11-4-2-3-5-13(11)18-16(21)17-9-12-6-7-14-15(8-12)20-10-19-14/h6-8,11,13H,2-5,9-10H2,1H3,(H2,17,18,21). The van der Waals surface area contributed by atoms with Gasteiger partial charge in [-0.2, -0.15) is 0 Å². The van der Waals surface area contributed by atoms with Gasteiger partial charge in [-0.1, -0.05) is 25.8 Å². The second-order valence-corrected chi connectivity index (χ2v) is 6.29. The summed E-state index contributed by atoms with van der Waals surface area (Å²) < 4.78 is 10.7. The van der Waals surface area contributed by atoms with Crippen molar-refractivity contribution in [2.75, 3.05) is 6.79 Å². The average Bonchev–Trinajstić information content (AvgIpc) is 2.95. The first-order valence-electron chi connectivity index (χ1n) is 7.65. The van der Waals surface area contributed by atoms with Gasteiger partial charge in [-0.3, -0.25) is 0 Å². The minimum absolute atomic E-state index is 0.311. The third kappa shape index (κ3) is 3.59. The predicted molar refractivity (Wildman–Crippen MR) is 86.6 cm³/mol. The summed E-state index contributed by atoms with van der Waals surface area (Å²) in [4.78, 5) is 0. The number of benzene rings is 1. The number of hydrogen-bond acceptors (Lipinski definition) is 3. The minimum Gasteiger partial charge on any atom is -0.454 e. The van der Waals surface area contributed by atoms with Crippen molar-refractivity contribution in [2.45, 2.75) is 45.2 Å². The monoisotopic (exact) mass is 306 g/mol. The summed E-state index contributed by atoms with van der Waals surface area (Å²) in [6.45, 7) is 3.31. The quantitative estimate of drug-likeness (QED) is 0.841. The number of rotatable bonds is 3. The van der Waals surface area contributed by atoms with Crippen molar-refractivity contribution in [1.82, 2.24) is 10.6 Å². The molecule has 114 valence electrons. The van der Waals surface area contributed by atoms with Crippen LogP contribution in [0.25, 0.3) is 0 Å². The van der Waals surface area contributed by atoms with Gasteiger partial charge in [0.1, 0.15) is 0 Å². The SMILES string of the molecule is CC1CCCCC1NC(=S)NCc1ccc2c(c1)OCO2. The highest BCUT2D eigenvalue weighted by Crippen LogP contribution is 2.32. The van der Waals surface area contributed by atoms with Crippen LogP contribution >= 0.6 is 12.2 Å². The number of nitrogens with one attached hydrogen (secondary N) is 2. The maximum absolute atomic E-state index is 5.41. The predicted octanol–water partition coefficient (Wildman–Crippen LogP) is 2.96. The average molecular weight is 306 g/mol. The molecule has 0 radical (unpaired) electrons. The number of fused-ring (bicyclic) bond motifs is 1. The summed E-state index contributed by atoms with van der Waals surface area (Å²) in [5.41, 5.74) is 1.14. The highest BCUT2D eigenvalue weighted by Gasteiger charge is 2.21. The molecule has 0 saturated heterocycles. The van der Waals surface area contributed by atoms with Crippen LogP contribution in [0.5, 0.6) is 11.5 Å². The Morgan fingerprint density at radius 1 is 1.24 bits per heavy atom. The molecule has 1 aliphatic heterocycles. The summed E-state index contributed by atoms with van der Waals surface area (Å²) in [6, 6.07) is 6.49. The lowest BCUT2D eigenvalue weighted by Gasteiger charge is -2.30. The first kappa shape index (κ1) is 14.4. The minimum atomic E-state index is 0.311. The second kappa shape index (κ2) is 6.52. The van der Waals surface area contributed by atoms with Crippen molar-refractivity contribution in [3.63, 3.8) is 0 Å². The van der Waals surface area contributed by atoms with Gasteiger partial charge in [0.05, 0.1) is 0 Å². The van der Waals surface area contributed by atoms with Crippen LogP contribution in [0.2, 0.25) is 0 Å². The lowest BCUT2D eigenvalue weighted by atomic mass is 9.86. The van der Waals surface area contributed by atoms with Crippen LogP contribution in [0.1, 0.15) is 38.2 Å². The van der Waals surface area contributed by atoms with Gasteiger partial charge < -0.3 is 20.1 Å². The normalized spacial score (nSPS) is 23.7. The highest BCUT2D eigenvalue weighted by molar-refractivity contribution is 7.80. The zero-order valence-electron chi connectivity index (χ0n) is 12.4. The van der Waals surface area contributed by atoms with Gasteiger partial charge in [0, 0.05) is 12.6 Å². The Labute approximate surface area is 131 Å². The number of thiocarbonyl (C=S) groups is 1. The Kier molecular flexibility index (Phi) is 4.48. The molecule has 0 spiro atoms. The maximum atomic E-state index is 5.41. The second-order valence-electron chi connectivity index (χ2n) is 5.88. The highest BCUT2D eigenvalue weighted by atomic mass is 32.1. The molecule has 2 N–H and O–H groups in total. The Bertz CT molecular complexity index is 521. The smallest absolute Gasteiger partial charge is 0.231 e. The van der Waals surface area contributed by atoms with Crippen molar-refractivity contribution >= 4 is 17.3 Å². The van der Waals surface area contributed by atoms with Gasteiger partial charge in [-0.25, -0.2) is 0 Å². The fourth-order valence-electron chi connectivity index (χ4n) is 2.98. The molecule has 1 heterocycles. The van der Waals surface area contributed by atoms with E-state index in [9.17, 15) is 0 Å². The van der Waals surface area contributed by atoms with E-state index in [1.54, 1.807) is 0 Å². The van der Waals surface area contributed by atoms with Crippen molar-refractivity contribution in [2.24, 2.45) is 5.92 Å². The molecule has 0 amide bonds. The first-order valence-corrected chi connectivity index (χ1v) is 8.06. The first-order chi connectivity index (χ1) is 10.2. The molecule has 0 aromatic heterocycles. The molecule has 1 aliphatic carbocycles. The van der Waals surface area contributed by atoms with Gasteiger partial charge in [0.15, 0.2) is 16.6 Å². The molecule has 5 heteroatoms. The fourth-order valence-corrected chi connectivity index (χ4v) is 3.21. The summed E-state index contributed by atoms with van der Waals surface area (Å²) in [5, 5.41) is 7.48. The van der Waals surface area contributed by atoms with E-state index >= 15 is 0 Å². The van der Waals surface area contributed by atoms with Crippen LogP contribution < -0.4 is 20.1 Å². The molecular weight excluding hydrogens is 284 g/mol. The van der Waals surface area contributed by atoms with Crippen LogP contribution in [-0.2, 0) is 6.54 Å². The number of ether oxygens (including phenoxy) is 2. The molecule has 1 aromatic carbocycles. The summed E-state index contributed by atoms with van der Waals surface area (Å²) in [5.74, 6) is 2.33. The largest absolute Gasteiger partial charge is 0.454 e.